The molecule has 1 aromatic carbocycles. The van der Waals surface area contributed by atoms with Crippen LogP contribution in [0.4, 0.5) is 11.8 Å². The minimum absolute atomic E-state index is 0.00686. The highest BCUT2D eigenvalue weighted by molar-refractivity contribution is 5.94. The Labute approximate surface area is 376 Å². The molecular weight excluding hydrogens is 769 g/mol. The van der Waals surface area contributed by atoms with Crippen LogP contribution in [0.2, 0.25) is 0 Å². The molecule has 0 aliphatic heterocycles. The van der Waals surface area contributed by atoms with Gasteiger partial charge in [-0.25, -0.2) is 4.98 Å². The van der Waals surface area contributed by atoms with Crippen molar-refractivity contribution in [2.45, 2.75) is 172 Å². The normalized spacial score (nSPS) is 13.2. The number of aryl methyl sites for hydroxylation is 2. The number of rotatable bonds is 29. The molecule has 0 aliphatic rings. The summed E-state index contributed by atoms with van der Waals surface area (Å²) in [6.07, 6.45) is 28.6. The van der Waals surface area contributed by atoms with E-state index in [1.54, 1.807) is 0 Å². The molecule has 1 heterocycles. The maximum atomic E-state index is 12.9. The van der Waals surface area contributed by atoms with Gasteiger partial charge in [-0.05, 0) is 163 Å². The van der Waals surface area contributed by atoms with E-state index < -0.39 is 0 Å². The van der Waals surface area contributed by atoms with Gasteiger partial charge in [-0.1, -0.05) is 89.3 Å². The van der Waals surface area contributed by atoms with Crippen LogP contribution in [0.5, 0.6) is 0 Å². The summed E-state index contributed by atoms with van der Waals surface area (Å²) in [5.41, 5.74) is 18.7. The molecule has 0 saturated carbocycles. The van der Waals surface area contributed by atoms with Crippen molar-refractivity contribution >= 4 is 23.6 Å². The number of carbonyl (C=O) groups is 2. The molecule has 9 nitrogen and oxygen atoms in total. The van der Waals surface area contributed by atoms with Crippen molar-refractivity contribution in [1.29, 1.82) is 0 Å². The van der Waals surface area contributed by atoms with Crippen molar-refractivity contribution in [3.8, 4) is 0 Å². The van der Waals surface area contributed by atoms with Crippen molar-refractivity contribution in [3.05, 3.63) is 116 Å². The number of nitrogens with two attached hydrogens (primary N) is 1. The molecule has 1 atom stereocenters. The highest BCUT2D eigenvalue weighted by Crippen LogP contribution is 2.25. The summed E-state index contributed by atoms with van der Waals surface area (Å²) in [6.45, 7) is 22.1. The number of amides is 2. The molecule has 0 unspecified atom stereocenters. The number of carbonyl (C=O) groups excluding carboxylic acids is 2. The zero-order valence-corrected chi connectivity index (χ0v) is 40.2. The summed E-state index contributed by atoms with van der Waals surface area (Å²) >= 11 is 0. The average molecular weight is 851 g/mol. The van der Waals surface area contributed by atoms with Crippen molar-refractivity contribution < 1.29 is 14.7 Å². The third-order valence-corrected chi connectivity index (χ3v) is 11.2. The van der Waals surface area contributed by atoms with E-state index in [1.165, 1.54) is 33.4 Å². The van der Waals surface area contributed by atoms with E-state index in [0.29, 0.717) is 37.3 Å². The molecule has 2 amide bonds. The smallest absolute Gasteiger partial charge is 0.251 e. The number of aliphatic hydroxyl groups is 1. The SMILES string of the molecule is CCC[C@@H](CO)Nc1nc(N)nc(C)c1Cc1ccc(C(=O)NCCNC(=O)CC/C(C)=C/CC/C(C)=C/CC/C(C)=C/CC/C=C(\C)CC/C=C(\C)CCC=C(C)C)cc1C. The largest absolute Gasteiger partial charge is 0.394 e. The average Bonchev–Trinajstić information content (AvgIpc) is 3.21. The van der Waals surface area contributed by atoms with Gasteiger partial charge in [0.1, 0.15) is 5.82 Å². The predicted molar refractivity (Wildman–Crippen MR) is 264 cm³/mol. The molecule has 0 aliphatic carbocycles. The quantitative estimate of drug-likeness (QED) is 0.0405. The summed E-state index contributed by atoms with van der Waals surface area (Å²) in [7, 11) is 0. The monoisotopic (exact) mass is 851 g/mol. The molecule has 2 aromatic rings. The summed E-state index contributed by atoms with van der Waals surface area (Å²) in [5.74, 6) is 0.607. The highest BCUT2D eigenvalue weighted by atomic mass is 16.3. The standard InChI is InChI=1S/C53H82N6O3/c1-11-18-48(37-60)58-51-49(45(10)57-53(54)59-51)36-46-30-31-47(35-44(46)9)52(62)56-34-33-55-50(61)32-29-43(8)28-17-27-42(7)26-16-24-40(5)21-13-12-20-39(4)23-15-25-41(6)22-14-19-38(2)3/h19-21,25-26,28,30-31,35,48,60H,11-18,22-24,27,29,32-34,36-37H2,1-10H3,(H,55,61)(H,56,62)(H3,54,57,58,59)/b39-20+,40-21+,41-25+,42-26+,43-28+/t48-/m0/s1. The third kappa shape index (κ3) is 22.9. The Balaban J connectivity index is 1.66. The van der Waals surface area contributed by atoms with Gasteiger partial charge in [0.15, 0.2) is 0 Å². The topological polar surface area (TPSA) is 142 Å². The molecule has 9 heteroatoms. The van der Waals surface area contributed by atoms with Crippen LogP contribution in [0, 0.1) is 13.8 Å². The number of aliphatic hydroxyl groups excluding tert-OH is 1. The maximum Gasteiger partial charge on any atom is 0.251 e. The van der Waals surface area contributed by atoms with E-state index in [9.17, 15) is 14.7 Å². The lowest BCUT2D eigenvalue weighted by Crippen LogP contribution is -2.34. The van der Waals surface area contributed by atoms with E-state index >= 15 is 0 Å². The first kappa shape index (κ1) is 53.4. The number of allylic oxidation sites excluding steroid dienone is 12. The molecule has 0 saturated heterocycles. The number of hydrogen-bond donors (Lipinski definition) is 5. The zero-order valence-electron chi connectivity index (χ0n) is 40.2. The Kier molecular flexibility index (Phi) is 26.1. The summed E-state index contributed by atoms with van der Waals surface area (Å²) in [4.78, 5) is 34.3. The number of aromatic nitrogens is 2. The van der Waals surface area contributed by atoms with Gasteiger partial charge in [-0.2, -0.15) is 4.98 Å². The molecule has 0 radical (unpaired) electrons. The molecule has 6 N–H and O–H groups in total. The Morgan fingerprint density at radius 1 is 0.694 bits per heavy atom. The van der Waals surface area contributed by atoms with E-state index in [2.05, 4.69) is 118 Å². The van der Waals surface area contributed by atoms with Crippen LogP contribution in [0.3, 0.4) is 0 Å². The number of unbranched alkanes of at least 4 members (excludes halogenated alkanes) is 1. The molecular formula is C53H82N6O3. The lowest BCUT2D eigenvalue weighted by molar-refractivity contribution is -0.121. The van der Waals surface area contributed by atoms with Crippen LogP contribution in [0.25, 0.3) is 0 Å². The van der Waals surface area contributed by atoms with Crippen molar-refractivity contribution in [2.75, 3.05) is 30.7 Å². The molecule has 2 rings (SSSR count). The first-order valence-corrected chi connectivity index (χ1v) is 23.2. The lowest BCUT2D eigenvalue weighted by atomic mass is 9.97. The Morgan fingerprint density at radius 3 is 1.73 bits per heavy atom. The molecule has 1 aromatic heterocycles. The van der Waals surface area contributed by atoms with E-state index in [-0.39, 0.29) is 30.4 Å². The van der Waals surface area contributed by atoms with Crippen molar-refractivity contribution in [3.63, 3.8) is 0 Å². The fraction of sp³-hybridized carbons (Fsp3) is 0.547. The summed E-state index contributed by atoms with van der Waals surface area (Å²) < 4.78 is 0. The molecule has 342 valence electrons. The van der Waals surface area contributed by atoms with Crippen LogP contribution in [0.1, 0.15) is 178 Å². The predicted octanol–water partition coefficient (Wildman–Crippen LogP) is 12.1. The minimum Gasteiger partial charge on any atom is -0.394 e. The minimum atomic E-state index is -0.187. The van der Waals surface area contributed by atoms with Gasteiger partial charge in [0.2, 0.25) is 11.9 Å². The summed E-state index contributed by atoms with van der Waals surface area (Å²) in [5, 5.41) is 19.0. The van der Waals surface area contributed by atoms with Gasteiger partial charge >= 0.3 is 0 Å². The highest BCUT2D eigenvalue weighted by Gasteiger charge is 2.17. The van der Waals surface area contributed by atoms with Crippen LogP contribution in [0.15, 0.2) is 88.1 Å². The van der Waals surface area contributed by atoms with Gasteiger partial charge < -0.3 is 26.8 Å². The van der Waals surface area contributed by atoms with Gasteiger partial charge in [-0.3, -0.25) is 9.59 Å². The second-order valence-corrected chi connectivity index (χ2v) is 17.5. The fourth-order valence-corrected chi connectivity index (χ4v) is 7.20. The molecule has 0 bridgehead atoms. The lowest BCUT2D eigenvalue weighted by Gasteiger charge is -2.20. The number of hydrogen-bond acceptors (Lipinski definition) is 7. The summed E-state index contributed by atoms with van der Waals surface area (Å²) in [6, 6.07) is 5.51. The van der Waals surface area contributed by atoms with Crippen molar-refractivity contribution in [2.24, 2.45) is 0 Å². The van der Waals surface area contributed by atoms with Gasteiger partial charge in [-0.15, -0.1) is 0 Å². The number of benzene rings is 1. The number of nitrogen functional groups attached to an aromatic ring is 1. The molecule has 62 heavy (non-hydrogen) atoms. The number of anilines is 2. The second-order valence-electron chi connectivity index (χ2n) is 17.5. The fourth-order valence-electron chi connectivity index (χ4n) is 7.20. The number of nitrogens with zero attached hydrogens (tertiary/aromatic N) is 2. The van der Waals surface area contributed by atoms with Crippen LogP contribution < -0.4 is 21.7 Å². The van der Waals surface area contributed by atoms with Crippen LogP contribution in [-0.2, 0) is 11.2 Å². The van der Waals surface area contributed by atoms with Gasteiger partial charge in [0.25, 0.3) is 5.91 Å². The first-order valence-electron chi connectivity index (χ1n) is 23.2. The Hall–Kier alpha value is -4.76. The van der Waals surface area contributed by atoms with Gasteiger partial charge in [0, 0.05) is 42.8 Å². The van der Waals surface area contributed by atoms with Crippen LogP contribution in [-0.4, -0.2) is 52.6 Å². The van der Waals surface area contributed by atoms with Crippen LogP contribution >= 0.6 is 0 Å². The van der Waals surface area contributed by atoms with E-state index in [1.807, 2.05) is 32.0 Å². The van der Waals surface area contributed by atoms with E-state index in [4.69, 9.17) is 5.73 Å². The van der Waals surface area contributed by atoms with E-state index in [0.717, 1.165) is 106 Å². The Bertz CT molecular complexity index is 1900. The second kappa shape index (κ2) is 30.3. The Morgan fingerprint density at radius 2 is 1.21 bits per heavy atom. The van der Waals surface area contributed by atoms with Crippen molar-refractivity contribution in [1.82, 2.24) is 20.6 Å². The number of nitrogens with one attached hydrogen (secondary N) is 3. The molecule has 0 fully saturated rings. The van der Waals surface area contributed by atoms with Gasteiger partial charge in [0.05, 0.1) is 12.6 Å². The maximum absolute atomic E-state index is 12.9. The molecule has 0 spiro atoms. The third-order valence-electron chi connectivity index (χ3n) is 11.2. The zero-order chi connectivity index (χ0) is 45.9. The first-order chi connectivity index (χ1) is 29.6.